The van der Waals surface area contributed by atoms with Crippen molar-refractivity contribution in [1.29, 1.82) is 0 Å². The van der Waals surface area contributed by atoms with Gasteiger partial charge in [-0.15, -0.1) is 0 Å². The van der Waals surface area contributed by atoms with Crippen molar-refractivity contribution in [2.75, 3.05) is 6.54 Å². The second-order valence-electron chi connectivity index (χ2n) is 5.91. The van der Waals surface area contributed by atoms with Gasteiger partial charge in [-0.05, 0) is 25.8 Å². The maximum atomic E-state index is 13.7. The van der Waals surface area contributed by atoms with Crippen molar-refractivity contribution in [2.45, 2.75) is 57.1 Å². The molecule has 1 atom stereocenters. The Balaban J connectivity index is 1.95. The van der Waals surface area contributed by atoms with Gasteiger partial charge in [0.15, 0.2) is 0 Å². The Morgan fingerprint density at radius 2 is 1.85 bits per heavy atom. The Labute approximate surface area is 119 Å². The smallest absolute Gasteiger partial charge is 0.130 e. The van der Waals surface area contributed by atoms with Gasteiger partial charge in [0.2, 0.25) is 0 Å². The van der Waals surface area contributed by atoms with Crippen molar-refractivity contribution in [2.24, 2.45) is 0 Å². The van der Waals surface area contributed by atoms with Crippen LogP contribution in [0.25, 0.3) is 0 Å². The number of rotatable bonds is 4. The Morgan fingerprint density at radius 1 is 1.20 bits per heavy atom. The molecule has 1 aromatic rings. The molecule has 0 saturated heterocycles. The summed E-state index contributed by atoms with van der Waals surface area (Å²) in [5, 5.41) is 13.7. The third kappa shape index (κ3) is 4.00. The summed E-state index contributed by atoms with van der Waals surface area (Å²) in [5.74, 6) is -1.11. The highest BCUT2D eigenvalue weighted by atomic mass is 19.1. The molecule has 1 unspecified atom stereocenters. The van der Waals surface area contributed by atoms with E-state index in [-0.39, 0.29) is 6.04 Å². The van der Waals surface area contributed by atoms with Gasteiger partial charge in [0.05, 0.1) is 5.60 Å². The van der Waals surface area contributed by atoms with E-state index < -0.39 is 17.2 Å². The molecule has 4 heteroatoms. The van der Waals surface area contributed by atoms with Crippen LogP contribution in [0.4, 0.5) is 8.78 Å². The van der Waals surface area contributed by atoms with E-state index in [0.29, 0.717) is 12.1 Å². The highest BCUT2D eigenvalue weighted by molar-refractivity contribution is 5.21. The fraction of sp³-hybridized carbons (Fsp3) is 0.625. The summed E-state index contributed by atoms with van der Waals surface area (Å²) in [6.07, 6.45) is 6.00. The Bertz CT molecular complexity index is 442. The normalized spacial score (nSPS) is 20.4. The predicted octanol–water partition coefficient (Wildman–Crippen LogP) is 3.70. The molecule has 0 aromatic heterocycles. The fourth-order valence-corrected chi connectivity index (χ4v) is 2.87. The predicted molar refractivity (Wildman–Crippen MR) is 75.4 cm³/mol. The molecular formula is C16H23F2NO. The van der Waals surface area contributed by atoms with Crippen LogP contribution in [0.3, 0.4) is 0 Å². The minimum atomic E-state index is -0.693. The van der Waals surface area contributed by atoms with Crippen LogP contribution in [0, 0.1) is 11.6 Å². The van der Waals surface area contributed by atoms with E-state index in [9.17, 15) is 13.9 Å². The molecule has 2 nitrogen and oxygen atoms in total. The highest BCUT2D eigenvalue weighted by Crippen LogP contribution is 2.27. The molecular weight excluding hydrogens is 260 g/mol. The molecule has 0 bridgehead atoms. The second kappa shape index (κ2) is 6.64. The molecule has 0 aliphatic heterocycles. The SMILES string of the molecule is CC(NCC1(O)CCCCCC1)c1ccc(F)cc1F. The van der Waals surface area contributed by atoms with Gasteiger partial charge >= 0.3 is 0 Å². The lowest BCUT2D eigenvalue weighted by molar-refractivity contribution is 0.0230. The lowest BCUT2D eigenvalue weighted by Gasteiger charge is -2.29. The summed E-state index contributed by atoms with van der Waals surface area (Å²) >= 11 is 0. The Morgan fingerprint density at radius 3 is 2.45 bits per heavy atom. The monoisotopic (exact) mass is 283 g/mol. The van der Waals surface area contributed by atoms with Gasteiger partial charge in [0.1, 0.15) is 11.6 Å². The average Bonchev–Trinajstić information content (AvgIpc) is 2.61. The molecule has 1 fully saturated rings. The van der Waals surface area contributed by atoms with Crippen LogP contribution >= 0.6 is 0 Å². The lowest BCUT2D eigenvalue weighted by Crippen LogP contribution is -2.41. The fourth-order valence-electron chi connectivity index (χ4n) is 2.87. The minimum Gasteiger partial charge on any atom is -0.389 e. The Hall–Kier alpha value is -1.00. The first-order valence-electron chi connectivity index (χ1n) is 7.41. The molecule has 1 saturated carbocycles. The number of halogens is 2. The number of aliphatic hydroxyl groups is 1. The van der Waals surface area contributed by atoms with Crippen molar-refractivity contribution in [3.05, 3.63) is 35.4 Å². The summed E-state index contributed by atoms with van der Waals surface area (Å²) < 4.78 is 26.6. The molecule has 0 heterocycles. The quantitative estimate of drug-likeness (QED) is 0.826. The molecule has 1 aliphatic carbocycles. The zero-order valence-corrected chi connectivity index (χ0v) is 12.0. The van der Waals surface area contributed by atoms with Crippen molar-refractivity contribution in [1.82, 2.24) is 5.32 Å². The minimum absolute atomic E-state index is 0.247. The number of hydrogen-bond donors (Lipinski definition) is 2. The van der Waals surface area contributed by atoms with Gasteiger partial charge in [-0.25, -0.2) is 8.78 Å². The summed E-state index contributed by atoms with van der Waals surface area (Å²) in [6, 6.07) is 3.37. The Kier molecular flexibility index (Phi) is 5.11. The molecule has 2 rings (SSSR count). The third-order valence-corrected chi connectivity index (χ3v) is 4.20. The molecule has 20 heavy (non-hydrogen) atoms. The van der Waals surface area contributed by atoms with Crippen molar-refractivity contribution >= 4 is 0 Å². The van der Waals surface area contributed by atoms with Crippen LogP contribution in [0.5, 0.6) is 0 Å². The molecule has 0 amide bonds. The molecule has 0 spiro atoms. The first-order chi connectivity index (χ1) is 9.50. The van der Waals surface area contributed by atoms with E-state index >= 15 is 0 Å². The maximum absolute atomic E-state index is 13.7. The number of nitrogens with one attached hydrogen (secondary N) is 1. The molecule has 2 N–H and O–H groups in total. The van der Waals surface area contributed by atoms with Crippen LogP contribution < -0.4 is 5.32 Å². The first-order valence-corrected chi connectivity index (χ1v) is 7.41. The molecule has 1 aromatic carbocycles. The third-order valence-electron chi connectivity index (χ3n) is 4.20. The van der Waals surface area contributed by atoms with Crippen molar-refractivity contribution in [3.8, 4) is 0 Å². The van der Waals surface area contributed by atoms with E-state index in [2.05, 4.69) is 5.32 Å². The number of hydrogen-bond acceptors (Lipinski definition) is 2. The van der Waals surface area contributed by atoms with Gasteiger partial charge in [0, 0.05) is 24.2 Å². The molecule has 112 valence electrons. The van der Waals surface area contributed by atoms with Gasteiger partial charge in [0.25, 0.3) is 0 Å². The summed E-state index contributed by atoms with van der Waals surface area (Å²) in [5.41, 5.74) is -0.259. The molecule has 1 aliphatic rings. The van der Waals surface area contributed by atoms with Crippen LogP contribution in [0.15, 0.2) is 18.2 Å². The van der Waals surface area contributed by atoms with E-state index in [1.165, 1.54) is 25.0 Å². The second-order valence-corrected chi connectivity index (χ2v) is 5.91. The van der Waals surface area contributed by atoms with Gasteiger partial charge in [-0.3, -0.25) is 0 Å². The maximum Gasteiger partial charge on any atom is 0.130 e. The first kappa shape index (κ1) is 15.4. The van der Waals surface area contributed by atoms with Crippen molar-refractivity contribution < 1.29 is 13.9 Å². The van der Waals surface area contributed by atoms with Crippen LogP contribution in [0.2, 0.25) is 0 Å². The average molecular weight is 283 g/mol. The molecule has 0 radical (unpaired) electrons. The zero-order valence-electron chi connectivity index (χ0n) is 12.0. The van der Waals surface area contributed by atoms with Crippen LogP contribution in [-0.2, 0) is 0 Å². The van der Waals surface area contributed by atoms with E-state index in [0.717, 1.165) is 31.7 Å². The zero-order chi connectivity index (χ0) is 14.6. The lowest BCUT2D eigenvalue weighted by atomic mass is 9.94. The van der Waals surface area contributed by atoms with E-state index in [1.807, 2.05) is 6.92 Å². The van der Waals surface area contributed by atoms with Gasteiger partial charge in [-0.1, -0.05) is 31.7 Å². The topological polar surface area (TPSA) is 32.3 Å². The van der Waals surface area contributed by atoms with Gasteiger partial charge < -0.3 is 10.4 Å². The highest BCUT2D eigenvalue weighted by Gasteiger charge is 2.28. The van der Waals surface area contributed by atoms with Crippen molar-refractivity contribution in [3.63, 3.8) is 0 Å². The summed E-state index contributed by atoms with van der Waals surface area (Å²) in [4.78, 5) is 0. The van der Waals surface area contributed by atoms with E-state index in [1.54, 1.807) is 0 Å². The standard InChI is InChI=1S/C16H23F2NO/c1-12(14-7-6-13(17)10-15(14)18)19-11-16(20)8-4-2-3-5-9-16/h6-7,10,12,19-20H,2-5,8-9,11H2,1H3. The van der Waals surface area contributed by atoms with Crippen LogP contribution in [-0.4, -0.2) is 17.3 Å². The number of benzene rings is 1. The van der Waals surface area contributed by atoms with Gasteiger partial charge in [-0.2, -0.15) is 0 Å². The summed E-state index contributed by atoms with van der Waals surface area (Å²) in [7, 11) is 0. The van der Waals surface area contributed by atoms with E-state index in [4.69, 9.17) is 0 Å². The van der Waals surface area contributed by atoms with Crippen LogP contribution in [0.1, 0.15) is 57.1 Å². The summed E-state index contributed by atoms with van der Waals surface area (Å²) in [6.45, 7) is 2.28. The largest absolute Gasteiger partial charge is 0.389 e.